The van der Waals surface area contributed by atoms with Crippen molar-refractivity contribution >= 4 is 11.6 Å². The molecule has 0 aliphatic heterocycles. The Morgan fingerprint density at radius 2 is 1.82 bits per heavy atom. The van der Waals surface area contributed by atoms with Crippen molar-refractivity contribution in [2.75, 3.05) is 26.2 Å². The molecule has 0 amide bonds. The summed E-state index contributed by atoms with van der Waals surface area (Å²) in [7, 11) is 0. The van der Waals surface area contributed by atoms with Gasteiger partial charge in [0.15, 0.2) is 0 Å². The monoisotopic (exact) mass is 256 g/mol. The fourth-order valence-corrected chi connectivity index (χ4v) is 2.36. The summed E-state index contributed by atoms with van der Waals surface area (Å²) in [4.78, 5) is 1.55. The number of ether oxygens (including phenoxy) is 1. The number of likely N-dealkylation sites (N-methyl/N-ethyl adjacent to an activating group) is 1. The second kappa shape index (κ2) is 6.87. The van der Waals surface area contributed by atoms with Gasteiger partial charge in [0, 0.05) is 0 Å². The molecule has 96 valence electrons. The zero-order valence-corrected chi connectivity index (χ0v) is 12.0. The molecule has 0 aromatic heterocycles. The van der Waals surface area contributed by atoms with Crippen molar-refractivity contribution in [3.05, 3.63) is 28.3 Å². The Labute approximate surface area is 110 Å². The molecule has 0 spiro atoms. The minimum atomic E-state index is 0.719. The highest BCUT2D eigenvalue weighted by molar-refractivity contribution is 6.32. The van der Waals surface area contributed by atoms with E-state index in [0.717, 1.165) is 42.6 Å². The van der Waals surface area contributed by atoms with Gasteiger partial charge in [0.25, 0.3) is 0 Å². The largest absolute Gasteiger partial charge is 0.486 e. The molecule has 3 heteroatoms. The van der Waals surface area contributed by atoms with Crippen LogP contribution in [0.2, 0.25) is 5.02 Å². The molecule has 1 aromatic rings. The normalized spacial score (nSPS) is 10.9. The highest BCUT2D eigenvalue weighted by Gasteiger charge is 2.08. The average Bonchev–Trinajstić information content (AvgIpc) is 2.27. The van der Waals surface area contributed by atoms with E-state index >= 15 is 0 Å². The Hall–Kier alpha value is -0.730. The van der Waals surface area contributed by atoms with Gasteiger partial charge in [-0.05, 0) is 44.9 Å². The number of hydrogen-bond donors (Lipinski definition) is 1. The molecule has 0 bridgehead atoms. The second-order valence-electron chi connectivity index (χ2n) is 4.45. The zero-order valence-electron chi connectivity index (χ0n) is 11.3. The van der Waals surface area contributed by atoms with Crippen LogP contribution in [-0.2, 0) is 0 Å². The Morgan fingerprint density at radius 1 is 1.18 bits per heavy atom. The number of benzene rings is 1. The van der Waals surface area contributed by atoms with Crippen LogP contribution in [0.15, 0.2) is 12.1 Å². The number of quaternary nitrogens is 1. The van der Waals surface area contributed by atoms with E-state index in [1.807, 2.05) is 19.9 Å². The van der Waals surface area contributed by atoms with Crippen LogP contribution in [0, 0.1) is 13.8 Å². The topological polar surface area (TPSA) is 13.7 Å². The molecule has 1 aromatic carbocycles. The molecule has 0 saturated carbocycles. The lowest BCUT2D eigenvalue weighted by atomic mass is 10.1. The van der Waals surface area contributed by atoms with Gasteiger partial charge in [-0.2, -0.15) is 0 Å². The van der Waals surface area contributed by atoms with E-state index in [2.05, 4.69) is 19.9 Å². The van der Waals surface area contributed by atoms with Crippen LogP contribution in [0.4, 0.5) is 0 Å². The van der Waals surface area contributed by atoms with Crippen LogP contribution in [0.3, 0.4) is 0 Å². The van der Waals surface area contributed by atoms with Gasteiger partial charge >= 0.3 is 0 Å². The van der Waals surface area contributed by atoms with Gasteiger partial charge in [-0.25, -0.2) is 0 Å². The number of rotatable bonds is 6. The van der Waals surface area contributed by atoms with Crippen molar-refractivity contribution in [3.63, 3.8) is 0 Å². The maximum Gasteiger partial charge on any atom is 0.141 e. The number of hydrogen-bond acceptors (Lipinski definition) is 1. The fraction of sp³-hybridized carbons (Fsp3) is 0.571. The van der Waals surface area contributed by atoms with Gasteiger partial charge in [0.05, 0.1) is 18.1 Å². The standard InChI is InChI=1S/C14H22ClNO/c1-5-16(6-2)7-8-17-14-12(4)9-11(3)10-13(14)15/h9-10H,5-8H2,1-4H3/p+1. The smallest absolute Gasteiger partial charge is 0.141 e. The Kier molecular flexibility index (Phi) is 5.79. The Morgan fingerprint density at radius 3 is 2.35 bits per heavy atom. The zero-order chi connectivity index (χ0) is 12.8. The number of halogens is 1. The van der Waals surface area contributed by atoms with Crippen molar-refractivity contribution in [1.82, 2.24) is 0 Å². The lowest BCUT2D eigenvalue weighted by molar-refractivity contribution is -0.896. The molecule has 0 heterocycles. The molecule has 0 fully saturated rings. The lowest BCUT2D eigenvalue weighted by Crippen LogP contribution is -3.12. The summed E-state index contributed by atoms with van der Waals surface area (Å²) in [6.45, 7) is 12.5. The third kappa shape index (κ3) is 4.21. The maximum absolute atomic E-state index is 6.19. The van der Waals surface area contributed by atoms with Crippen LogP contribution in [0.25, 0.3) is 0 Å². The lowest BCUT2D eigenvalue weighted by Gasteiger charge is -2.17. The molecule has 0 atom stereocenters. The van der Waals surface area contributed by atoms with Crippen molar-refractivity contribution < 1.29 is 9.64 Å². The summed E-state index contributed by atoms with van der Waals surface area (Å²) < 4.78 is 5.80. The molecule has 17 heavy (non-hydrogen) atoms. The summed E-state index contributed by atoms with van der Waals surface area (Å²) in [5.74, 6) is 0.837. The van der Waals surface area contributed by atoms with Crippen LogP contribution < -0.4 is 9.64 Å². The van der Waals surface area contributed by atoms with Gasteiger partial charge in [0.2, 0.25) is 0 Å². The molecule has 1 rings (SSSR count). The van der Waals surface area contributed by atoms with Crippen LogP contribution in [-0.4, -0.2) is 26.2 Å². The van der Waals surface area contributed by atoms with Crippen molar-refractivity contribution in [2.45, 2.75) is 27.7 Å². The molecule has 0 radical (unpaired) electrons. The highest BCUT2D eigenvalue weighted by atomic mass is 35.5. The molecule has 2 nitrogen and oxygen atoms in total. The quantitative estimate of drug-likeness (QED) is 0.824. The minimum absolute atomic E-state index is 0.719. The van der Waals surface area contributed by atoms with Crippen LogP contribution in [0.1, 0.15) is 25.0 Å². The van der Waals surface area contributed by atoms with Crippen molar-refractivity contribution in [2.24, 2.45) is 0 Å². The minimum Gasteiger partial charge on any atom is -0.486 e. The first-order valence-corrected chi connectivity index (χ1v) is 6.69. The van der Waals surface area contributed by atoms with E-state index in [1.165, 1.54) is 5.56 Å². The predicted octanol–water partition coefficient (Wildman–Crippen LogP) is 2.26. The third-order valence-corrected chi connectivity index (χ3v) is 3.36. The summed E-state index contributed by atoms with van der Waals surface area (Å²) >= 11 is 6.19. The van der Waals surface area contributed by atoms with Gasteiger partial charge in [-0.3, -0.25) is 0 Å². The van der Waals surface area contributed by atoms with E-state index in [0.29, 0.717) is 0 Å². The summed E-state index contributed by atoms with van der Waals surface area (Å²) in [6, 6.07) is 4.06. The first-order chi connectivity index (χ1) is 8.08. The van der Waals surface area contributed by atoms with Gasteiger partial charge in [0.1, 0.15) is 18.9 Å². The van der Waals surface area contributed by atoms with Crippen LogP contribution >= 0.6 is 11.6 Å². The van der Waals surface area contributed by atoms with E-state index in [1.54, 1.807) is 4.90 Å². The van der Waals surface area contributed by atoms with Crippen molar-refractivity contribution in [1.29, 1.82) is 0 Å². The van der Waals surface area contributed by atoms with E-state index in [9.17, 15) is 0 Å². The predicted molar refractivity (Wildman–Crippen MR) is 73.3 cm³/mol. The van der Waals surface area contributed by atoms with Gasteiger partial charge in [-0.1, -0.05) is 17.7 Å². The highest BCUT2D eigenvalue weighted by Crippen LogP contribution is 2.29. The molecule has 0 saturated heterocycles. The first-order valence-electron chi connectivity index (χ1n) is 6.31. The number of nitrogens with one attached hydrogen (secondary N) is 1. The van der Waals surface area contributed by atoms with Gasteiger partial charge < -0.3 is 9.64 Å². The summed E-state index contributed by atoms with van der Waals surface area (Å²) in [5.41, 5.74) is 2.29. The average molecular weight is 257 g/mol. The summed E-state index contributed by atoms with van der Waals surface area (Å²) in [5, 5.41) is 0.719. The Balaban J connectivity index is 2.58. The van der Waals surface area contributed by atoms with Crippen LogP contribution in [0.5, 0.6) is 5.75 Å². The molecule has 0 unspecified atom stereocenters. The molecule has 0 aliphatic rings. The third-order valence-electron chi connectivity index (χ3n) is 3.08. The molecular weight excluding hydrogens is 234 g/mol. The fourth-order valence-electron chi connectivity index (χ4n) is 1.99. The van der Waals surface area contributed by atoms with E-state index in [4.69, 9.17) is 16.3 Å². The summed E-state index contributed by atoms with van der Waals surface area (Å²) in [6.07, 6.45) is 0. The molecule has 0 aliphatic carbocycles. The van der Waals surface area contributed by atoms with E-state index < -0.39 is 0 Å². The molecule has 1 N–H and O–H groups in total. The Bertz CT molecular complexity index is 338. The van der Waals surface area contributed by atoms with Crippen molar-refractivity contribution in [3.8, 4) is 5.75 Å². The maximum atomic E-state index is 6.19. The second-order valence-corrected chi connectivity index (χ2v) is 4.86. The molecular formula is C14H23ClNO+. The first kappa shape index (κ1) is 14.3. The number of aryl methyl sites for hydroxylation is 2. The SMILES string of the molecule is CC[NH+](CC)CCOc1c(C)cc(C)cc1Cl. The van der Waals surface area contributed by atoms with Gasteiger partial charge in [-0.15, -0.1) is 0 Å². The van der Waals surface area contributed by atoms with E-state index in [-0.39, 0.29) is 0 Å².